The van der Waals surface area contributed by atoms with E-state index >= 15 is 0 Å². The predicted octanol–water partition coefficient (Wildman–Crippen LogP) is 3.76. The second-order valence-corrected chi connectivity index (χ2v) is 7.10. The molecule has 3 heteroatoms. The van der Waals surface area contributed by atoms with Crippen LogP contribution in [-0.2, 0) is 6.54 Å². The zero-order valence-corrected chi connectivity index (χ0v) is 13.7. The minimum atomic E-state index is 0.551. The van der Waals surface area contributed by atoms with E-state index in [4.69, 9.17) is 0 Å². The van der Waals surface area contributed by atoms with Crippen LogP contribution in [-0.4, -0.2) is 36.3 Å². The van der Waals surface area contributed by atoms with Gasteiger partial charge >= 0.3 is 0 Å². The molecule has 112 valence electrons. The van der Waals surface area contributed by atoms with Gasteiger partial charge in [-0.15, -0.1) is 11.8 Å². The topological polar surface area (TPSA) is 15.3 Å². The molecule has 0 aliphatic carbocycles. The van der Waals surface area contributed by atoms with Gasteiger partial charge in [0.2, 0.25) is 0 Å². The number of thioether (sulfide) groups is 1. The van der Waals surface area contributed by atoms with E-state index in [2.05, 4.69) is 48.3 Å². The first-order valence-electron chi connectivity index (χ1n) is 7.91. The van der Waals surface area contributed by atoms with Gasteiger partial charge in [0.25, 0.3) is 0 Å². The summed E-state index contributed by atoms with van der Waals surface area (Å²) < 4.78 is 0. The van der Waals surface area contributed by atoms with Crippen LogP contribution in [0.2, 0.25) is 0 Å². The Kier molecular flexibility index (Phi) is 6.91. The SMILES string of the molecule is CC(C)NCc1ccc(SCCCN2CCCC2)cc1. The summed E-state index contributed by atoms with van der Waals surface area (Å²) in [7, 11) is 0. The van der Waals surface area contributed by atoms with Crippen LogP contribution in [0.3, 0.4) is 0 Å². The Hall–Kier alpha value is -0.510. The summed E-state index contributed by atoms with van der Waals surface area (Å²) in [6, 6.07) is 9.57. The van der Waals surface area contributed by atoms with Crippen LogP contribution < -0.4 is 5.32 Å². The van der Waals surface area contributed by atoms with Crippen molar-refractivity contribution >= 4 is 11.8 Å². The molecule has 0 unspecified atom stereocenters. The average molecular weight is 292 g/mol. The zero-order chi connectivity index (χ0) is 14.2. The summed E-state index contributed by atoms with van der Waals surface area (Å²) >= 11 is 1.99. The molecule has 1 aliphatic rings. The molecule has 0 spiro atoms. The molecule has 1 aromatic carbocycles. The normalized spacial score (nSPS) is 16.1. The summed E-state index contributed by atoms with van der Waals surface area (Å²) in [5.74, 6) is 1.24. The molecular formula is C17H28N2S. The van der Waals surface area contributed by atoms with Crippen molar-refractivity contribution in [3.63, 3.8) is 0 Å². The molecule has 0 amide bonds. The molecular weight excluding hydrogens is 264 g/mol. The van der Waals surface area contributed by atoms with Crippen molar-refractivity contribution in [2.24, 2.45) is 0 Å². The quantitative estimate of drug-likeness (QED) is 0.580. The Morgan fingerprint density at radius 1 is 1.15 bits per heavy atom. The van der Waals surface area contributed by atoms with E-state index in [1.165, 1.54) is 55.1 Å². The second-order valence-electron chi connectivity index (χ2n) is 5.93. The minimum Gasteiger partial charge on any atom is -0.310 e. The third-order valence-electron chi connectivity index (χ3n) is 3.72. The van der Waals surface area contributed by atoms with Gasteiger partial charge in [-0.1, -0.05) is 26.0 Å². The van der Waals surface area contributed by atoms with E-state index in [9.17, 15) is 0 Å². The lowest BCUT2D eigenvalue weighted by atomic mass is 10.2. The first-order chi connectivity index (χ1) is 9.74. The summed E-state index contributed by atoms with van der Waals surface area (Å²) in [4.78, 5) is 4.00. The van der Waals surface area contributed by atoms with E-state index in [1.807, 2.05) is 11.8 Å². The Morgan fingerprint density at radius 2 is 1.85 bits per heavy atom. The van der Waals surface area contributed by atoms with Gasteiger partial charge in [-0.2, -0.15) is 0 Å². The molecule has 1 N–H and O–H groups in total. The first-order valence-corrected chi connectivity index (χ1v) is 8.90. The Labute approximate surface area is 128 Å². The minimum absolute atomic E-state index is 0.551. The average Bonchev–Trinajstić information content (AvgIpc) is 2.96. The number of rotatable bonds is 8. The summed E-state index contributed by atoms with van der Waals surface area (Å²) in [5.41, 5.74) is 1.38. The zero-order valence-electron chi connectivity index (χ0n) is 12.9. The standard InChI is InChI=1S/C17H28N2S/c1-15(2)18-14-16-6-8-17(9-7-16)20-13-5-12-19-10-3-4-11-19/h6-9,15,18H,3-5,10-14H2,1-2H3. The van der Waals surface area contributed by atoms with Crippen LogP contribution in [0.25, 0.3) is 0 Å². The number of benzene rings is 1. The molecule has 20 heavy (non-hydrogen) atoms. The van der Waals surface area contributed by atoms with Crippen molar-refractivity contribution in [2.45, 2.75) is 50.6 Å². The van der Waals surface area contributed by atoms with E-state index in [-0.39, 0.29) is 0 Å². The molecule has 0 radical (unpaired) electrons. The van der Waals surface area contributed by atoms with Crippen LogP contribution >= 0.6 is 11.8 Å². The fraction of sp³-hybridized carbons (Fsp3) is 0.647. The molecule has 2 nitrogen and oxygen atoms in total. The maximum Gasteiger partial charge on any atom is 0.0207 e. The third-order valence-corrected chi connectivity index (χ3v) is 4.82. The van der Waals surface area contributed by atoms with Crippen molar-refractivity contribution < 1.29 is 0 Å². The molecule has 2 rings (SSSR count). The number of hydrogen-bond donors (Lipinski definition) is 1. The monoisotopic (exact) mass is 292 g/mol. The fourth-order valence-corrected chi connectivity index (χ4v) is 3.35. The highest BCUT2D eigenvalue weighted by atomic mass is 32.2. The molecule has 1 fully saturated rings. The summed E-state index contributed by atoms with van der Waals surface area (Å²) in [5, 5.41) is 3.45. The van der Waals surface area contributed by atoms with Crippen molar-refractivity contribution in [1.82, 2.24) is 10.2 Å². The van der Waals surface area contributed by atoms with Crippen LogP contribution in [0, 0.1) is 0 Å². The highest BCUT2D eigenvalue weighted by Crippen LogP contribution is 2.20. The Morgan fingerprint density at radius 3 is 2.50 bits per heavy atom. The van der Waals surface area contributed by atoms with Crippen LogP contribution in [0.4, 0.5) is 0 Å². The van der Waals surface area contributed by atoms with Gasteiger partial charge in [0, 0.05) is 17.5 Å². The number of nitrogens with zero attached hydrogens (tertiary/aromatic N) is 1. The lowest BCUT2D eigenvalue weighted by Gasteiger charge is -2.13. The molecule has 0 atom stereocenters. The number of nitrogens with one attached hydrogen (secondary N) is 1. The van der Waals surface area contributed by atoms with Crippen LogP contribution in [0.15, 0.2) is 29.2 Å². The van der Waals surface area contributed by atoms with Gasteiger partial charge in [0.15, 0.2) is 0 Å². The highest BCUT2D eigenvalue weighted by Gasteiger charge is 2.10. The van der Waals surface area contributed by atoms with Crippen molar-refractivity contribution in [2.75, 3.05) is 25.4 Å². The van der Waals surface area contributed by atoms with E-state index in [0.29, 0.717) is 6.04 Å². The maximum absolute atomic E-state index is 3.45. The molecule has 1 aromatic rings. The fourth-order valence-electron chi connectivity index (χ4n) is 2.51. The van der Waals surface area contributed by atoms with E-state index in [1.54, 1.807) is 0 Å². The van der Waals surface area contributed by atoms with Gasteiger partial charge in [0.05, 0.1) is 0 Å². The lowest BCUT2D eigenvalue weighted by Crippen LogP contribution is -2.21. The van der Waals surface area contributed by atoms with Crippen LogP contribution in [0.1, 0.15) is 38.7 Å². The van der Waals surface area contributed by atoms with Crippen molar-refractivity contribution in [3.8, 4) is 0 Å². The molecule has 0 aromatic heterocycles. The smallest absolute Gasteiger partial charge is 0.0207 e. The van der Waals surface area contributed by atoms with Gasteiger partial charge in [0.1, 0.15) is 0 Å². The Balaban J connectivity index is 1.62. The molecule has 0 bridgehead atoms. The Bertz CT molecular complexity index is 369. The molecule has 0 saturated carbocycles. The molecule has 1 saturated heterocycles. The maximum atomic E-state index is 3.45. The van der Waals surface area contributed by atoms with Gasteiger partial charge < -0.3 is 10.2 Å². The number of hydrogen-bond acceptors (Lipinski definition) is 3. The largest absolute Gasteiger partial charge is 0.310 e. The second kappa shape index (κ2) is 8.71. The van der Waals surface area contributed by atoms with Gasteiger partial charge in [-0.05, 0) is 62.3 Å². The van der Waals surface area contributed by atoms with E-state index in [0.717, 1.165) is 6.54 Å². The summed E-state index contributed by atoms with van der Waals surface area (Å²) in [6.07, 6.45) is 4.11. The van der Waals surface area contributed by atoms with Crippen molar-refractivity contribution in [1.29, 1.82) is 0 Å². The predicted molar refractivity (Wildman–Crippen MR) is 89.4 cm³/mol. The van der Waals surface area contributed by atoms with Crippen LogP contribution in [0.5, 0.6) is 0 Å². The number of likely N-dealkylation sites (tertiary alicyclic amines) is 1. The highest BCUT2D eigenvalue weighted by molar-refractivity contribution is 7.99. The molecule has 1 aliphatic heterocycles. The van der Waals surface area contributed by atoms with Crippen molar-refractivity contribution in [3.05, 3.63) is 29.8 Å². The lowest BCUT2D eigenvalue weighted by molar-refractivity contribution is 0.341. The first kappa shape index (κ1) is 15.9. The summed E-state index contributed by atoms with van der Waals surface area (Å²) in [6.45, 7) is 9.26. The molecule has 1 heterocycles. The van der Waals surface area contributed by atoms with E-state index < -0.39 is 0 Å². The van der Waals surface area contributed by atoms with Gasteiger partial charge in [-0.3, -0.25) is 0 Å². The third kappa shape index (κ3) is 5.86. The van der Waals surface area contributed by atoms with Gasteiger partial charge in [-0.25, -0.2) is 0 Å².